The maximum Gasteiger partial charge on any atom is 0.279 e. The van der Waals surface area contributed by atoms with Crippen LogP contribution < -0.4 is 5.32 Å². The Hall–Kier alpha value is -2.54. The number of nitrogens with one attached hydrogen (secondary N) is 1. The Morgan fingerprint density at radius 1 is 1.45 bits per heavy atom. The number of hydrogen-bond acceptors (Lipinski definition) is 5. The van der Waals surface area contributed by atoms with E-state index >= 15 is 0 Å². The fraction of sp³-hybridized carbons (Fsp3) is 0.333. The molecule has 1 rings (SSSR count). The molecule has 1 heterocycles. The molecule has 0 atom stereocenters. The zero-order chi connectivity index (χ0) is 16.4. The largest absolute Gasteiger partial charge is 0.345 e. The van der Waals surface area contributed by atoms with E-state index in [1.807, 2.05) is 6.92 Å². The third-order valence-electron chi connectivity index (χ3n) is 2.66. The van der Waals surface area contributed by atoms with Crippen molar-refractivity contribution in [3.05, 3.63) is 36.2 Å². The summed E-state index contributed by atoms with van der Waals surface area (Å²) in [5.41, 5.74) is 0.426. The van der Waals surface area contributed by atoms with Gasteiger partial charge in [-0.1, -0.05) is 13.0 Å². The summed E-state index contributed by atoms with van der Waals surface area (Å²) in [5.74, 6) is -1.06. The second-order valence-electron chi connectivity index (χ2n) is 4.22. The average Bonchev–Trinajstić information content (AvgIpc) is 2.55. The predicted molar refractivity (Wildman–Crippen MR) is 79.9 cm³/mol. The summed E-state index contributed by atoms with van der Waals surface area (Å²) >= 11 is 0. The van der Waals surface area contributed by atoms with Crippen LogP contribution in [0, 0.1) is 0 Å². The van der Waals surface area contributed by atoms with E-state index in [-0.39, 0.29) is 12.1 Å². The first kappa shape index (κ1) is 17.5. The van der Waals surface area contributed by atoms with Crippen LogP contribution in [0.4, 0.5) is 0 Å². The van der Waals surface area contributed by atoms with Crippen molar-refractivity contribution in [2.24, 2.45) is 0 Å². The van der Waals surface area contributed by atoms with E-state index in [2.05, 4.69) is 10.3 Å². The maximum absolute atomic E-state index is 12.5. The lowest BCUT2D eigenvalue weighted by Crippen LogP contribution is -2.32. The molecule has 0 aliphatic carbocycles. The van der Waals surface area contributed by atoms with E-state index in [1.54, 1.807) is 24.5 Å². The Bertz CT molecular complexity index is 543. The molecule has 0 saturated heterocycles. The van der Waals surface area contributed by atoms with Crippen molar-refractivity contribution in [3.8, 4) is 0 Å². The number of aromatic nitrogens is 1. The van der Waals surface area contributed by atoms with Crippen molar-refractivity contribution < 1.29 is 19.2 Å². The first-order valence-corrected chi connectivity index (χ1v) is 6.76. The normalized spacial score (nSPS) is 10.9. The second-order valence-corrected chi connectivity index (χ2v) is 4.22. The topological polar surface area (TPSA) is 88.6 Å². The van der Waals surface area contributed by atoms with E-state index in [9.17, 15) is 14.4 Å². The molecule has 7 nitrogen and oxygen atoms in total. The monoisotopic (exact) mass is 304 g/mol. The summed E-state index contributed by atoms with van der Waals surface area (Å²) in [6, 6.07) is 5.02. The number of carbonyl (C=O) groups excluding carboxylic acids is 3. The van der Waals surface area contributed by atoms with Crippen LogP contribution in [0.25, 0.3) is 5.57 Å². The number of pyridine rings is 1. The Morgan fingerprint density at radius 3 is 2.77 bits per heavy atom. The van der Waals surface area contributed by atoms with Crippen LogP contribution in [0.2, 0.25) is 0 Å². The van der Waals surface area contributed by atoms with E-state index in [0.29, 0.717) is 18.7 Å². The van der Waals surface area contributed by atoms with Gasteiger partial charge in [0.25, 0.3) is 5.91 Å². The Balaban J connectivity index is 3.11. The Morgan fingerprint density at radius 2 is 2.23 bits per heavy atom. The highest BCUT2D eigenvalue weighted by molar-refractivity contribution is 6.22. The van der Waals surface area contributed by atoms with Gasteiger partial charge in [0.2, 0.25) is 12.2 Å². The van der Waals surface area contributed by atoms with Crippen LogP contribution in [0.5, 0.6) is 0 Å². The molecule has 0 unspecified atom stereocenters. The van der Waals surface area contributed by atoms with Gasteiger partial charge >= 0.3 is 0 Å². The highest BCUT2D eigenvalue weighted by Crippen LogP contribution is 2.15. The third-order valence-corrected chi connectivity index (χ3v) is 2.66. The maximum atomic E-state index is 12.5. The molecular weight excluding hydrogens is 286 g/mol. The summed E-state index contributed by atoms with van der Waals surface area (Å²) in [6.45, 7) is 2.03. The molecule has 7 heteroatoms. The number of hydrogen-bond donors (Lipinski definition) is 1. The molecule has 117 valence electrons. The number of carbonyl (C=O) groups is 2. The molecular formula is C15H18N3O4. The number of hydroxylamine groups is 2. The fourth-order valence-corrected chi connectivity index (χ4v) is 1.69. The summed E-state index contributed by atoms with van der Waals surface area (Å²) in [7, 11) is 1.38. The summed E-state index contributed by atoms with van der Waals surface area (Å²) < 4.78 is 0. The van der Waals surface area contributed by atoms with Crippen molar-refractivity contribution in [1.82, 2.24) is 15.4 Å². The zero-order valence-electron chi connectivity index (χ0n) is 12.5. The van der Waals surface area contributed by atoms with Gasteiger partial charge in [0, 0.05) is 18.8 Å². The molecule has 22 heavy (non-hydrogen) atoms. The molecule has 1 aromatic rings. The molecule has 0 spiro atoms. The van der Waals surface area contributed by atoms with Gasteiger partial charge in [0.1, 0.15) is 0 Å². The van der Waals surface area contributed by atoms with Crippen LogP contribution in [0.1, 0.15) is 19.0 Å². The second kappa shape index (κ2) is 9.41. The number of amides is 2. The van der Waals surface area contributed by atoms with Crippen LogP contribution in [0.15, 0.2) is 30.5 Å². The molecule has 1 radical (unpaired) electrons. The van der Waals surface area contributed by atoms with Gasteiger partial charge in [0.15, 0.2) is 0 Å². The summed E-state index contributed by atoms with van der Waals surface area (Å²) in [5, 5.41) is 3.45. The van der Waals surface area contributed by atoms with Crippen LogP contribution >= 0.6 is 0 Å². The van der Waals surface area contributed by atoms with Gasteiger partial charge in [-0.25, -0.2) is 5.06 Å². The lowest BCUT2D eigenvalue weighted by molar-refractivity contribution is -0.169. The summed E-state index contributed by atoms with van der Waals surface area (Å²) in [4.78, 5) is 43.6. The third kappa shape index (κ3) is 5.10. The Labute approximate surface area is 128 Å². The zero-order valence-corrected chi connectivity index (χ0v) is 12.5. The minimum atomic E-state index is -0.579. The van der Waals surface area contributed by atoms with Crippen molar-refractivity contribution in [3.63, 3.8) is 0 Å². The van der Waals surface area contributed by atoms with E-state index < -0.39 is 11.8 Å². The van der Waals surface area contributed by atoms with Gasteiger partial charge < -0.3 is 5.32 Å². The van der Waals surface area contributed by atoms with Gasteiger partial charge in [-0.05, 0) is 18.6 Å². The minimum Gasteiger partial charge on any atom is -0.345 e. The molecule has 0 aliphatic heterocycles. The molecule has 0 saturated carbocycles. The van der Waals surface area contributed by atoms with Gasteiger partial charge in [-0.15, -0.1) is 0 Å². The molecule has 0 aliphatic rings. The SMILES string of the molecule is CCCN(OC)C(=O)C(=CC(=O)NC[C]=O)c1ccccn1. The van der Waals surface area contributed by atoms with Crippen molar-refractivity contribution in [2.45, 2.75) is 13.3 Å². The molecule has 1 N–H and O–H groups in total. The molecule has 0 fully saturated rings. The molecule has 0 aromatic carbocycles. The molecule has 1 aromatic heterocycles. The summed E-state index contributed by atoms with van der Waals surface area (Å²) in [6.07, 6.45) is 4.86. The van der Waals surface area contributed by atoms with E-state index in [0.717, 1.165) is 11.1 Å². The van der Waals surface area contributed by atoms with Gasteiger partial charge in [0.05, 0.1) is 24.9 Å². The van der Waals surface area contributed by atoms with Gasteiger partial charge in [-0.3, -0.25) is 24.2 Å². The highest BCUT2D eigenvalue weighted by atomic mass is 16.7. The Kier molecular flexibility index (Phi) is 7.49. The first-order chi connectivity index (χ1) is 10.6. The standard InChI is InChI=1S/C15H18N3O4/c1-3-9-18(22-2)15(21)12(11-14(20)17-8-10-19)13-6-4-5-7-16-13/h4-7,11H,3,8-9H2,1-2H3,(H,17,20). The van der Waals surface area contributed by atoms with Crippen LogP contribution in [-0.4, -0.2) is 48.3 Å². The van der Waals surface area contributed by atoms with E-state index in [1.165, 1.54) is 13.3 Å². The smallest absolute Gasteiger partial charge is 0.279 e. The first-order valence-electron chi connectivity index (χ1n) is 6.76. The highest BCUT2D eigenvalue weighted by Gasteiger charge is 2.21. The minimum absolute atomic E-state index is 0.0827. The predicted octanol–water partition coefficient (Wildman–Crippen LogP) is 0.491. The average molecular weight is 304 g/mol. The van der Waals surface area contributed by atoms with Crippen molar-refractivity contribution in [2.75, 3.05) is 20.2 Å². The lowest BCUT2D eigenvalue weighted by Gasteiger charge is -2.20. The molecule has 2 amide bonds. The lowest BCUT2D eigenvalue weighted by atomic mass is 10.1. The van der Waals surface area contributed by atoms with Crippen molar-refractivity contribution in [1.29, 1.82) is 0 Å². The fourth-order valence-electron chi connectivity index (χ4n) is 1.69. The van der Waals surface area contributed by atoms with Crippen LogP contribution in [-0.2, 0) is 19.2 Å². The number of nitrogens with zero attached hydrogens (tertiary/aromatic N) is 2. The van der Waals surface area contributed by atoms with Crippen molar-refractivity contribution >= 4 is 23.7 Å². The van der Waals surface area contributed by atoms with Gasteiger partial charge in [-0.2, -0.15) is 0 Å². The quantitative estimate of drug-likeness (QED) is 0.558. The van der Waals surface area contributed by atoms with E-state index in [4.69, 9.17) is 4.84 Å². The molecule has 0 bridgehead atoms. The number of rotatable bonds is 8. The van der Waals surface area contributed by atoms with Crippen LogP contribution in [0.3, 0.4) is 0 Å².